The van der Waals surface area contributed by atoms with E-state index in [1.165, 1.54) is 42.3 Å². The molecular weight excluding hydrogens is 355 g/mol. The zero-order valence-corrected chi connectivity index (χ0v) is 15.4. The molecule has 0 bridgehead atoms. The topological polar surface area (TPSA) is 49.4 Å². The van der Waals surface area contributed by atoms with Gasteiger partial charge in [0.25, 0.3) is 0 Å². The summed E-state index contributed by atoms with van der Waals surface area (Å²) < 4.78 is 13.7. The van der Waals surface area contributed by atoms with Crippen LogP contribution in [0.1, 0.15) is 18.1 Å². The molecule has 0 aliphatic heterocycles. The number of carbonyl (C=O) groups is 2. The van der Waals surface area contributed by atoms with Gasteiger partial charge in [-0.3, -0.25) is 9.59 Å². The minimum absolute atomic E-state index is 0.119. The second-order valence-electron chi connectivity index (χ2n) is 5.72. The first-order chi connectivity index (χ1) is 12.4. The third-order valence-electron chi connectivity index (χ3n) is 3.82. The highest BCUT2D eigenvalue weighted by atomic mass is 35.5. The molecule has 2 amide bonds. The predicted octanol–water partition coefficient (Wildman–Crippen LogP) is 4.15. The van der Waals surface area contributed by atoms with Gasteiger partial charge in [0.05, 0.1) is 11.6 Å². The lowest BCUT2D eigenvalue weighted by atomic mass is 10.1. The van der Waals surface area contributed by atoms with Crippen LogP contribution >= 0.6 is 11.6 Å². The van der Waals surface area contributed by atoms with Crippen molar-refractivity contribution >= 4 is 35.2 Å². The maximum absolute atomic E-state index is 13.7. The Balaban J connectivity index is 1.98. The number of likely N-dealkylation sites (N-methyl/N-ethyl adjacent to an activating group) is 1. The number of benzene rings is 2. The van der Waals surface area contributed by atoms with Gasteiger partial charge in [0.2, 0.25) is 11.8 Å². The van der Waals surface area contributed by atoms with E-state index in [1.54, 1.807) is 0 Å². The van der Waals surface area contributed by atoms with Gasteiger partial charge in [0.15, 0.2) is 0 Å². The normalized spacial score (nSPS) is 10.8. The molecule has 2 aromatic carbocycles. The van der Waals surface area contributed by atoms with Crippen molar-refractivity contribution in [1.29, 1.82) is 0 Å². The molecule has 4 nitrogen and oxygen atoms in total. The van der Waals surface area contributed by atoms with Crippen molar-refractivity contribution in [1.82, 2.24) is 4.90 Å². The smallest absolute Gasteiger partial charge is 0.246 e. The predicted molar refractivity (Wildman–Crippen MR) is 103 cm³/mol. The quantitative estimate of drug-likeness (QED) is 0.772. The molecule has 136 valence electrons. The Kier molecular flexibility index (Phi) is 6.92. The van der Waals surface area contributed by atoms with Gasteiger partial charge in [-0.1, -0.05) is 42.8 Å². The van der Waals surface area contributed by atoms with E-state index in [1.807, 2.05) is 31.2 Å². The first-order valence-electron chi connectivity index (χ1n) is 8.17. The summed E-state index contributed by atoms with van der Waals surface area (Å²) in [5.41, 5.74) is 1.88. The number of aryl methyl sites for hydroxylation is 1. The van der Waals surface area contributed by atoms with Gasteiger partial charge < -0.3 is 10.2 Å². The van der Waals surface area contributed by atoms with Gasteiger partial charge >= 0.3 is 0 Å². The van der Waals surface area contributed by atoms with E-state index in [2.05, 4.69) is 5.32 Å². The summed E-state index contributed by atoms with van der Waals surface area (Å²) in [5, 5.41) is 3.01. The number of hydrogen-bond donors (Lipinski definition) is 1. The number of nitrogens with zero attached hydrogens (tertiary/aromatic N) is 1. The molecule has 0 atom stereocenters. The Hall–Kier alpha value is -2.66. The molecule has 0 aliphatic rings. The van der Waals surface area contributed by atoms with E-state index < -0.39 is 11.7 Å². The molecule has 0 aliphatic carbocycles. The van der Waals surface area contributed by atoms with Gasteiger partial charge in [0, 0.05) is 24.4 Å². The van der Waals surface area contributed by atoms with Gasteiger partial charge in [-0.15, -0.1) is 0 Å². The number of hydrogen-bond acceptors (Lipinski definition) is 2. The first-order valence-corrected chi connectivity index (χ1v) is 8.55. The molecule has 0 unspecified atom stereocenters. The molecule has 0 radical (unpaired) electrons. The molecule has 2 rings (SSSR count). The number of halogens is 2. The average molecular weight is 375 g/mol. The maximum atomic E-state index is 13.7. The fourth-order valence-corrected chi connectivity index (χ4v) is 2.61. The number of anilines is 1. The average Bonchev–Trinajstić information content (AvgIpc) is 2.61. The van der Waals surface area contributed by atoms with Crippen molar-refractivity contribution in [3.8, 4) is 0 Å². The van der Waals surface area contributed by atoms with Crippen molar-refractivity contribution in [2.75, 3.05) is 18.9 Å². The Labute approximate surface area is 157 Å². The third-order valence-corrected chi connectivity index (χ3v) is 4.15. The zero-order valence-electron chi connectivity index (χ0n) is 14.6. The Bertz CT molecular complexity index is 816. The summed E-state index contributed by atoms with van der Waals surface area (Å²) in [4.78, 5) is 25.6. The summed E-state index contributed by atoms with van der Waals surface area (Å²) >= 11 is 5.92. The van der Waals surface area contributed by atoms with E-state index in [0.29, 0.717) is 0 Å². The number of carbonyl (C=O) groups excluding carboxylic acids is 2. The van der Waals surface area contributed by atoms with Crippen molar-refractivity contribution < 1.29 is 14.0 Å². The minimum atomic E-state index is -0.516. The Morgan fingerprint density at radius 2 is 1.92 bits per heavy atom. The number of nitrogens with one attached hydrogen (secondary N) is 1. The van der Waals surface area contributed by atoms with Crippen LogP contribution in [0.2, 0.25) is 5.02 Å². The first kappa shape index (κ1) is 19.7. The van der Waals surface area contributed by atoms with Crippen molar-refractivity contribution in [2.24, 2.45) is 0 Å². The minimum Gasteiger partial charge on any atom is -0.333 e. The van der Waals surface area contributed by atoms with E-state index in [4.69, 9.17) is 11.6 Å². The third kappa shape index (κ3) is 5.17. The van der Waals surface area contributed by atoms with Crippen LogP contribution in [0.4, 0.5) is 10.1 Å². The molecule has 0 saturated carbocycles. The zero-order chi connectivity index (χ0) is 19.1. The highest BCUT2D eigenvalue weighted by Crippen LogP contribution is 2.20. The summed E-state index contributed by atoms with van der Waals surface area (Å²) in [6.45, 7) is 1.88. The van der Waals surface area contributed by atoms with E-state index in [-0.39, 0.29) is 23.0 Å². The van der Waals surface area contributed by atoms with Crippen LogP contribution in [-0.4, -0.2) is 30.3 Å². The summed E-state index contributed by atoms with van der Waals surface area (Å²) in [7, 11) is 1.50. The van der Waals surface area contributed by atoms with Crippen LogP contribution in [0.25, 0.3) is 6.08 Å². The largest absolute Gasteiger partial charge is 0.333 e. The van der Waals surface area contributed by atoms with Crippen LogP contribution in [0.3, 0.4) is 0 Å². The van der Waals surface area contributed by atoms with Crippen LogP contribution in [0, 0.1) is 5.82 Å². The number of amides is 2. The van der Waals surface area contributed by atoms with E-state index in [0.717, 1.165) is 17.7 Å². The maximum Gasteiger partial charge on any atom is 0.246 e. The van der Waals surface area contributed by atoms with Crippen LogP contribution in [0.15, 0.2) is 48.5 Å². The van der Waals surface area contributed by atoms with Crippen LogP contribution in [-0.2, 0) is 16.0 Å². The van der Waals surface area contributed by atoms with Gasteiger partial charge in [-0.2, -0.15) is 0 Å². The van der Waals surface area contributed by atoms with E-state index in [9.17, 15) is 14.0 Å². The molecule has 2 aromatic rings. The van der Waals surface area contributed by atoms with Gasteiger partial charge in [-0.25, -0.2) is 4.39 Å². The van der Waals surface area contributed by atoms with Crippen LogP contribution < -0.4 is 5.32 Å². The van der Waals surface area contributed by atoms with Gasteiger partial charge in [-0.05, 0) is 36.3 Å². The molecule has 0 saturated heterocycles. The highest BCUT2D eigenvalue weighted by molar-refractivity contribution is 6.32. The molecular formula is C20H20ClFN2O2. The van der Waals surface area contributed by atoms with E-state index >= 15 is 0 Å². The Morgan fingerprint density at radius 3 is 2.62 bits per heavy atom. The van der Waals surface area contributed by atoms with Crippen LogP contribution in [0.5, 0.6) is 0 Å². The monoisotopic (exact) mass is 374 g/mol. The summed E-state index contributed by atoms with van der Waals surface area (Å²) in [6, 6.07) is 11.8. The molecule has 0 fully saturated rings. The van der Waals surface area contributed by atoms with Crippen molar-refractivity contribution in [3.63, 3.8) is 0 Å². The lowest BCUT2D eigenvalue weighted by molar-refractivity contribution is -0.129. The fraction of sp³-hybridized carbons (Fsp3) is 0.200. The standard InChI is InChI=1S/C20H20ClFN2O2/c1-3-14-7-4-5-10-18(14)23-19(25)13-24(2)20(26)12-11-15-16(21)8-6-9-17(15)22/h4-12H,3,13H2,1-2H3,(H,23,25)/b12-11+. The molecule has 0 spiro atoms. The fourth-order valence-electron chi connectivity index (χ4n) is 2.39. The van der Waals surface area contributed by atoms with Crippen molar-refractivity contribution in [3.05, 3.63) is 70.5 Å². The number of rotatable bonds is 6. The molecule has 1 N–H and O–H groups in total. The second-order valence-corrected chi connectivity index (χ2v) is 6.13. The molecule has 0 heterocycles. The molecule has 0 aromatic heterocycles. The SMILES string of the molecule is CCc1ccccc1NC(=O)CN(C)C(=O)/C=C/c1c(F)cccc1Cl. The highest BCUT2D eigenvalue weighted by Gasteiger charge is 2.12. The number of para-hydroxylation sites is 1. The summed E-state index contributed by atoms with van der Waals surface area (Å²) in [6.07, 6.45) is 3.29. The molecule has 26 heavy (non-hydrogen) atoms. The lowest BCUT2D eigenvalue weighted by Crippen LogP contribution is -2.34. The molecule has 6 heteroatoms. The lowest BCUT2D eigenvalue weighted by Gasteiger charge is -2.16. The summed E-state index contributed by atoms with van der Waals surface area (Å²) in [5.74, 6) is -1.25. The van der Waals surface area contributed by atoms with Crippen molar-refractivity contribution in [2.45, 2.75) is 13.3 Å². The Morgan fingerprint density at radius 1 is 1.19 bits per heavy atom. The van der Waals surface area contributed by atoms with Gasteiger partial charge in [0.1, 0.15) is 5.82 Å². The second kappa shape index (κ2) is 9.15.